The summed E-state index contributed by atoms with van der Waals surface area (Å²) in [6.45, 7) is 8.30. The molecule has 7 aromatic rings. The molecular weight excluding hydrogens is 721 g/mol. The number of amidine groups is 1. The summed E-state index contributed by atoms with van der Waals surface area (Å²) < 4.78 is 4.57. The van der Waals surface area contributed by atoms with E-state index in [1.807, 2.05) is 12.1 Å². The molecule has 1 aliphatic carbocycles. The maximum Gasteiger partial charge on any atom is 0.371 e. The van der Waals surface area contributed by atoms with Crippen LogP contribution in [0.15, 0.2) is 125 Å². The van der Waals surface area contributed by atoms with E-state index in [9.17, 15) is 9.90 Å². The Morgan fingerprint density at radius 3 is 1.69 bits per heavy atom. The second kappa shape index (κ2) is 12.8. The highest BCUT2D eigenvalue weighted by atomic mass is 32.2. The number of thiophene rings is 2. The number of carbonyl (C=O) groups is 1. The zero-order valence-corrected chi connectivity index (χ0v) is 31.9. The highest BCUT2D eigenvalue weighted by Crippen LogP contribution is 2.45. The van der Waals surface area contributed by atoms with Crippen LogP contribution >= 0.6 is 45.8 Å². The summed E-state index contributed by atoms with van der Waals surface area (Å²) in [4.78, 5) is 28.2. The highest BCUT2D eigenvalue weighted by Gasteiger charge is 2.34. The Bertz CT molecular complexity index is 2630. The van der Waals surface area contributed by atoms with Gasteiger partial charge in [0.1, 0.15) is 16.2 Å². The molecule has 0 saturated carbocycles. The van der Waals surface area contributed by atoms with Gasteiger partial charge in [-0.25, -0.2) is 4.98 Å². The van der Waals surface area contributed by atoms with Gasteiger partial charge >= 0.3 is 5.17 Å². The number of thiazole rings is 1. The number of fused-ring (bicyclic) bond motifs is 2. The molecule has 0 fully saturated rings. The summed E-state index contributed by atoms with van der Waals surface area (Å²) >= 11 is 5.90. The number of aryl methyl sites for hydroxylation is 4. The summed E-state index contributed by atoms with van der Waals surface area (Å²) in [5, 5.41) is 15.3. The third kappa shape index (κ3) is 5.72. The number of hydrogen-bond donors (Lipinski definition) is 0. The normalized spacial score (nSPS) is 14.8. The van der Waals surface area contributed by atoms with Crippen LogP contribution in [0, 0.1) is 27.7 Å². The summed E-state index contributed by atoms with van der Waals surface area (Å²) in [6.07, 6.45) is 0. The van der Waals surface area contributed by atoms with Crippen LogP contribution in [-0.4, -0.2) is 15.9 Å². The van der Waals surface area contributed by atoms with Crippen LogP contribution in [0.5, 0.6) is 0 Å². The van der Waals surface area contributed by atoms with Crippen molar-refractivity contribution in [1.82, 2.24) is 9.56 Å². The number of allylic oxidation sites excluding steroid dienone is 2. The molecule has 0 spiro atoms. The van der Waals surface area contributed by atoms with Gasteiger partial charge in [0, 0.05) is 43.7 Å². The van der Waals surface area contributed by atoms with E-state index in [1.54, 1.807) is 23.1 Å². The average molecular weight is 751 g/mol. The smallest absolute Gasteiger partial charge is 0.371 e. The minimum absolute atomic E-state index is 0.213. The molecule has 2 aliphatic rings. The lowest BCUT2D eigenvalue weighted by atomic mass is 9.87. The standard InChI is InChI=1S/C42H30N4O2S4/c1-23-5-13-27(14-6-23)45(28-15-7-24(2)8-16-28)41-43-39-33(51-41)21-31(49-39)35-37(47)36(38(35)48)32-22-34-40(50-32)44-42(52-34)46(29-17-9-25(3)10-18-29)30-19-11-26(4)12-20-30/h5-22H,1-4H3. The van der Waals surface area contributed by atoms with E-state index in [0.717, 1.165) is 52.1 Å². The maximum absolute atomic E-state index is 13.6. The molecule has 1 aliphatic heterocycles. The first-order valence-electron chi connectivity index (χ1n) is 16.7. The van der Waals surface area contributed by atoms with Gasteiger partial charge in [0.25, 0.3) is 0 Å². The van der Waals surface area contributed by atoms with Gasteiger partial charge < -0.3 is 5.11 Å². The minimum atomic E-state index is -0.213. The Morgan fingerprint density at radius 2 is 1.19 bits per heavy atom. The Balaban J connectivity index is 1.06. The number of ketones is 1. The zero-order valence-electron chi connectivity index (χ0n) is 28.6. The van der Waals surface area contributed by atoms with Gasteiger partial charge in [0.2, 0.25) is 4.67 Å². The van der Waals surface area contributed by atoms with Gasteiger partial charge in [0.05, 0.1) is 9.60 Å². The SMILES string of the molecule is Cc1ccc(N(c2ccc(C)cc2)c2nc3sc(C4=C([O-])/C(=c5\cc6c(s5)=NC(=[N+](c5ccc(C)cc5)c5ccc(C)cc5)S6)C4=O)cc3s2)cc1. The molecule has 254 valence electrons. The van der Waals surface area contributed by atoms with Crippen molar-refractivity contribution in [3.63, 3.8) is 0 Å². The first kappa shape index (κ1) is 32.8. The molecule has 4 aromatic carbocycles. The van der Waals surface area contributed by atoms with Crippen LogP contribution in [0.1, 0.15) is 27.1 Å². The third-order valence-corrected chi connectivity index (χ3v) is 13.4. The zero-order chi connectivity index (χ0) is 35.7. The fraction of sp³-hybridized carbons (Fsp3) is 0.0952. The Labute approximate surface area is 316 Å². The van der Waals surface area contributed by atoms with E-state index in [4.69, 9.17) is 9.98 Å². The van der Waals surface area contributed by atoms with Crippen molar-refractivity contribution in [1.29, 1.82) is 0 Å². The summed E-state index contributed by atoms with van der Waals surface area (Å²) in [5.41, 5.74) is 9.31. The van der Waals surface area contributed by atoms with Crippen LogP contribution in [0.4, 0.5) is 27.9 Å². The predicted octanol–water partition coefficient (Wildman–Crippen LogP) is 9.24. The predicted molar refractivity (Wildman–Crippen MR) is 217 cm³/mol. The summed E-state index contributed by atoms with van der Waals surface area (Å²) in [6, 6.07) is 37.5. The van der Waals surface area contributed by atoms with E-state index in [1.165, 1.54) is 44.9 Å². The molecule has 0 amide bonds. The lowest BCUT2D eigenvalue weighted by molar-refractivity contribution is -0.292. The number of Topliss-reactive ketones (excluding diaryl/α,β-unsaturated/α-hetero) is 1. The molecule has 0 radical (unpaired) electrons. The topological polar surface area (TPSA) is 71.6 Å². The van der Waals surface area contributed by atoms with E-state index >= 15 is 0 Å². The molecule has 6 nitrogen and oxygen atoms in total. The van der Waals surface area contributed by atoms with Gasteiger partial charge in [-0.05, 0) is 93.4 Å². The van der Waals surface area contributed by atoms with Gasteiger partial charge in [0.15, 0.2) is 10.9 Å². The van der Waals surface area contributed by atoms with Crippen molar-refractivity contribution in [3.05, 3.63) is 151 Å². The largest absolute Gasteiger partial charge is 0.871 e. The van der Waals surface area contributed by atoms with Gasteiger partial charge in [-0.1, -0.05) is 99.2 Å². The molecule has 0 bridgehead atoms. The molecule has 0 unspecified atom stereocenters. The monoisotopic (exact) mass is 750 g/mol. The Kier molecular flexibility index (Phi) is 8.08. The van der Waals surface area contributed by atoms with Crippen molar-refractivity contribution in [2.45, 2.75) is 32.6 Å². The van der Waals surface area contributed by atoms with E-state index in [2.05, 4.69) is 134 Å². The van der Waals surface area contributed by atoms with Crippen molar-refractivity contribution >= 4 is 105 Å². The van der Waals surface area contributed by atoms with Crippen LogP contribution < -0.4 is 23.8 Å². The number of aromatic nitrogens is 1. The van der Waals surface area contributed by atoms with Crippen LogP contribution in [0.25, 0.3) is 20.7 Å². The van der Waals surface area contributed by atoms with Crippen LogP contribution in [0.3, 0.4) is 0 Å². The number of rotatable bonds is 6. The number of thioether (sulfide) groups is 1. The van der Waals surface area contributed by atoms with Crippen LogP contribution in [-0.2, 0) is 4.79 Å². The number of hydrogen-bond acceptors (Lipinski definition) is 8. The van der Waals surface area contributed by atoms with Crippen molar-refractivity contribution < 1.29 is 9.90 Å². The Hall–Kier alpha value is -5.13. The fourth-order valence-electron chi connectivity index (χ4n) is 6.24. The summed E-state index contributed by atoms with van der Waals surface area (Å²) in [7, 11) is 0. The molecule has 9 rings (SSSR count). The van der Waals surface area contributed by atoms with Gasteiger partial charge in [-0.2, -0.15) is 4.58 Å². The quantitative estimate of drug-likeness (QED) is 0.159. The maximum atomic E-state index is 13.6. The van der Waals surface area contributed by atoms with E-state index < -0.39 is 0 Å². The number of anilines is 3. The lowest BCUT2D eigenvalue weighted by Crippen LogP contribution is -2.31. The van der Waals surface area contributed by atoms with Crippen molar-refractivity contribution in [3.8, 4) is 0 Å². The second-order valence-corrected chi connectivity index (χ2v) is 17.1. The van der Waals surface area contributed by atoms with Crippen LogP contribution in [0.2, 0.25) is 0 Å². The van der Waals surface area contributed by atoms with E-state index in [0.29, 0.717) is 9.41 Å². The molecule has 0 atom stereocenters. The highest BCUT2D eigenvalue weighted by molar-refractivity contribution is 8.14. The molecular formula is C42H30N4O2S4. The second-order valence-electron chi connectivity index (χ2n) is 13.0. The molecule has 0 saturated heterocycles. The fourth-order valence-corrected chi connectivity index (χ4v) is 10.8. The summed E-state index contributed by atoms with van der Waals surface area (Å²) in [5.74, 6) is -0.426. The number of nitrogens with zero attached hydrogens (tertiary/aromatic N) is 4. The average Bonchev–Trinajstić information content (AvgIpc) is 3.89. The van der Waals surface area contributed by atoms with Crippen molar-refractivity contribution in [2.75, 3.05) is 4.90 Å². The van der Waals surface area contributed by atoms with E-state index in [-0.39, 0.29) is 22.7 Å². The first-order chi connectivity index (χ1) is 25.2. The number of carbonyl (C=O) groups excluding carboxylic acids is 1. The third-order valence-electron chi connectivity index (χ3n) is 9.11. The minimum Gasteiger partial charge on any atom is -0.871 e. The number of benzene rings is 4. The molecule has 3 aromatic heterocycles. The van der Waals surface area contributed by atoms with Crippen molar-refractivity contribution in [2.24, 2.45) is 4.99 Å². The Morgan fingerprint density at radius 1 is 0.654 bits per heavy atom. The molecule has 0 N–H and O–H groups in total. The molecule has 10 heteroatoms. The molecule has 52 heavy (non-hydrogen) atoms. The van der Waals surface area contributed by atoms with Gasteiger partial charge in [-0.3, -0.25) is 9.69 Å². The van der Waals surface area contributed by atoms with Gasteiger partial charge in [-0.15, -0.1) is 11.3 Å². The molecule has 4 heterocycles. The first-order valence-corrected chi connectivity index (χ1v) is 20.0. The lowest BCUT2D eigenvalue weighted by Gasteiger charge is -2.29.